The van der Waals surface area contributed by atoms with Crippen LogP contribution in [0.4, 0.5) is 14.9 Å². The number of fused-ring (bicyclic) bond motifs is 3. The van der Waals surface area contributed by atoms with E-state index >= 15 is 0 Å². The van der Waals surface area contributed by atoms with E-state index in [1.165, 1.54) is 6.07 Å². The number of aromatic amines is 1. The number of hydrogen-bond acceptors (Lipinski definition) is 1. The maximum absolute atomic E-state index is 14.1. The minimum absolute atomic E-state index is 0.171. The van der Waals surface area contributed by atoms with Crippen LogP contribution in [0.15, 0.2) is 66.7 Å². The number of hydrogen-bond donors (Lipinski definition) is 2. The second-order valence-electron chi connectivity index (χ2n) is 7.87. The van der Waals surface area contributed by atoms with Crippen LogP contribution in [0.2, 0.25) is 5.02 Å². The molecule has 6 heteroatoms. The van der Waals surface area contributed by atoms with Crippen LogP contribution in [-0.2, 0) is 6.42 Å². The van der Waals surface area contributed by atoms with E-state index in [1.807, 2.05) is 49.4 Å². The minimum atomic E-state index is -0.458. The summed E-state index contributed by atoms with van der Waals surface area (Å²) >= 11 is 6.25. The van der Waals surface area contributed by atoms with Crippen LogP contribution in [0.1, 0.15) is 28.4 Å². The zero-order chi connectivity index (χ0) is 21.5. The number of anilines is 1. The molecule has 0 saturated heterocycles. The number of halogens is 2. The zero-order valence-corrected chi connectivity index (χ0v) is 17.7. The fraction of sp³-hybridized carbons (Fsp3) is 0.160. The van der Waals surface area contributed by atoms with Gasteiger partial charge in [0.05, 0.1) is 11.7 Å². The topological polar surface area (TPSA) is 48.1 Å². The standard InChI is InChI=1S/C25H21ClFN3O/c1-15-6-8-16(9-7-15)24-23-18(19-14-17(26)10-11-21(19)28-23)12-13-30(24)25(31)29-22-5-3-2-4-20(22)27/h2-11,14,24,28H,12-13H2,1H3,(H,29,31). The van der Waals surface area contributed by atoms with Gasteiger partial charge in [-0.15, -0.1) is 0 Å². The summed E-state index contributed by atoms with van der Waals surface area (Å²) in [6.07, 6.45) is 0.683. The summed E-state index contributed by atoms with van der Waals surface area (Å²) in [5.74, 6) is -0.458. The van der Waals surface area contributed by atoms with Gasteiger partial charge in [-0.1, -0.05) is 53.6 Å². The Morgan fingerprint density at radius 1 is 1.13 bits per heavy atom. The van der Waals surface area contributed by atoms with Crippen molar-refractivity contribution in [2.75, 3.05) is 11.9 Å². The van der Waals surface area contributed by atoms with Crippen molar-refractivity contribution >= 4 is 34.2 Å². The molecular formula is C25H21ClFN3O. The molecule has 2 heterocycles. The highest BCUT2D eigenvalue weighted by Gasteiger charge is 2.34. The Labute approximate surface area is 184 Å². The van der Waals surface area contributed by atoms with Crippen LogP contribution in [0.25, 0.3) is 10.9 Å². The number of carbonyl (C=O) groups excluding carboxylic acids is 1. The number of benzene rings is 3. The Balaban J connectivity index is 1.60. The molecule has 0 spiro atoms. The van der Waals surface area contributed by atoms with E-state index < -0.39 is 5.82 Å². The summed E-state index contributed by atoms with van der Waals surface area (Å²) in [4.78, 5) is 18.5. The van der Waals surface area contributed by atoms with Crippen LogP contribution >= 0.6 is 11.6 Å². The molecule has 31 heavy (non-hydrogen) atoms. The first-order valence-corrected chi connectivity index (χ1v) is 10.6. The smallest absolute Gasteiger partial charge is 0.322 e. The maximum atomic E-state index is 14.1. The second-order valence-corrected chi connectivity index (χ2v) is 8.31. The second kappa shape index (κ2) is 7.75. The molecular weight excluding hydrogens is 413 g/mol. The molecule has 4 aromatic rings. The lowest BCUT2D eigenvalue weighted by atomic mass is 9.92. The Bertz CT molecular complexity index is 1280. The van der Waals surface area contributed by atoms with Crippen LogP contribution in [0.3, 0.4) is 0 Å². The average molecular weight is 434 g/mol. The predicted octanol–water partition coefficient (Wildman–Crippen LogP) is 6.45. The number of H-pyrrole nitrogens is 1. The zero-order valence-electron chi connectivity index (χ0n) is 17.0. The first-order chi connectivity index (χ1) is 15.0. The molecule has 0 fully saturated rings. The van der Waals surface area contributed by atoms with E-state index in [0.717, 1.165) is 33.3 Å². The molecule has 4 nitrogen and oxygen atoms in total. The fourth-order valence-electron chi connectivity index (χ4n) is 4.32. The summed E-state index contributed by atoms with van der Waals surface area (Å²) in [6.45, 7) is 2.54. The van der Waals surface area contributed by atoms with Gasteiger partial charge in [0.1, 0.15) is 5.82 Å². The number of carbonyl (C=O) groups is 1. The SMILES string of the molecule is Cc1ccc(C2c3[nH]c4ccc(Cl)cc4c3CCN2C(=O)Nc2ccccc2F)cc1. The van der Waals surface area contributed by atoms with Gasteiger partial charge in [0.25, 0.3) is 0 Å². The number of amides is 2. The molecule has 0 radical (unpaired) electrons. The van der Waals surface area contributed by atoms with Crippen molar-refractivity contribution in [3.05, 3.63) is 100.0 Å². The fourth-order valence-corrected chi connectivity index (χ4v) is 4.50. The summed E-state index contributed by atoms with van der Waals surface area (Å²) in [6, 6.07) is 19.5. The van der Waals surface area contributed by atoms with Crippen molar-refractivity contribution in [3.63, 3.8) is 0 Å². The Hall–Kier alpha value is -3.31. The van der Waals surface area contributed by atoms with E-state index in [4.69, 9.17) is 11.6 Å². The molecule has 1 unspecified atom stereocenters. The van der Waals surface area contributed by atoms with Gasteiger partial charge >= 0.3 is 6.03 Å². The minimum Gasteiger partial charge on any atom is -0.356 e. The lowest BCUT2D eigenvalue weighted by molar-refractivity contribution is 0.193. The first-order valence-electron chi connectivity index (χ1n) is 10.2. The molecule has 1 aromatic heterocycles. The third kappa shape index (κ3) is 3.55. The third-order valence-corrected chi connectivity index (χ3v) is 6.09. The highest BCUT2D eigenvalue weighted by molar-refractivity contribution is 6.31. The molecule has 0 saturated carbocycles. The van der Waals surface area contributed by atoms with Crippen molar-refractivity contribution in [1.82, 2.24) is 9.88 Å². The maximum Gasteiger partial charge on any atom is 0.322 e. The number of nitrogens with zero attached hydrogens (tertiary/aromatic N) is 1. The first kappa shape index (κ1) is 19.6. The summed E-state index contributed by atoms with van der Waals surface area (Å²) in [5, 5.41) is 4.50. The molecule has 0 bridgehead atoms. The van der Waals surface area contributed by atoms with Gasteiger partial charge in [0.2, 0.25) is 0 Å². The van der Waals surface area contributed by atoms with Gasteiger partial charge in [0.15, 0.2) is 0 Å². The van der Waals surface area contributed by atoms with Gasteiger partial charge in [-0.05, 0) is 54.8 Å². The Kier molecular flexibility index (Phi) is 4.91. The van der Waals surface area contributed by atoms with Crippen molar-refractivity contribution < 1.29 is 9.18 Å². The van der Waals surface area contributed by atoms with E-state index in [0.29, 0.717) is 18.0 Å². The van der Waals surface area contributed by atoms with Crippen LogP contribution < -0.4 is 5.32 Å². The van der Waals surface area contributed by atoms with Gasteiger partial charge in [-0.25, -0.2) is 9.18 Å². The number of para-hydroxylation sites is 1. The molecule has 156 valence electrons. The van der Waals surface area contributed by atoms with Crippen molar-refractivity contribution in [2.24, 2.45) is 0 Å². The van der Waals surface area contributed by atoms with Gasteiger partial charge in [-0.2, -0.15) is 0 Å². The molecule has 3 aromatic carbocycles. The third-order valence-electron chi connectivity index (χ3n) is 5.86. The van der Waals surface area contributed by atoms with E-state index in [-0.39, 0.29) is 17.8 Å². The van der Waals surface area contributed by atoms with Crippen LogP contribution in [0.5, 0.6) is 0 Å². The Morgan fingerprint density at radius 3 is 2.68 bits per heavy atom. The molecule has 1 atom stereocenters. The molecule has 1 aliphatic rings. The van der Waals surface area contributed by atoms with E-state index in [9.17, 15) is 9.18 Å². The number of urea groups is 1. The van der Waals surface area contributed by atoms with Gasteiger partial charge in [0, 0.05) is 28.2 Å². The number of nitrogens with one attached hydrogen (secondary N) is 2. The highest BCUT2D eigenvalue weighted by Crippen LogP contribution is 2.39. The predicted molar refractivity (Wildman–Crippen MR) is 122 cm³/mol. The number of rotatable bonds is 2. The van der Waals surface area contributed by atoms with Crippen LogP contribution in [-0.4, -0.2) is 22.5 Å². The van der Waals surface area contributed by atoms with Crippen molar-refractivity contribution in [3.8, 4) is 0 Å². The molecule has 2 N–H and O–H groups in total. The van der Waals surface area contributed by atoms with Gasteiger partial charge < -0.3 is 15.2 Å². The normalized spacial score (nSPS) is 15.7. The Morgan fingerprint density at radius 2 is 1.90 bits per heavy atom. The largest absolute Gasteiger partial charge is 0.356 e. The lowest BCUT2D eigenvalue weighted by Crippen LogP contribution is -2.43. The van der Waals surface area contributed by atoms with E-state index in [1.54, 1.807) is 23.1 Å². The molecule has 1 aliphatic heterocycles. The highest BCUT2D eigenvalue weighted by atomic mass is 35.5. The summed E-state index contributed by atoms with van der Waals surface area (Å²) in [5.41, 5.74) is 5.43. The number of aryl methyl sites for hydroxylation is 1. The number of aromatic nitrogens is 1. The van der Waals surface area contributed by atoms with Gasteiger partial charge in [-0.3, -0.25) is 0 Å². The van der Waals surface area contributed by atoms with Crippen molar-refractivity contribution in [2.45, 2.75) is 19.4 Å². The van der Waals surface area contributed by atoms with Crippen molar-refractivity contribution in [1.29, 1.82) is 0 Å². The monoisotopic (exact) mass is 433 g/mol. The molecule has 2 amide bonds. The molecule has 0 aliphatic carbocycles. The summed E-state index contributed by atoms with van der Waals surface area (Å²) < 4.78 is 14.1. The average Bonchev–Trinajstić information content (AvgIpc) is 3.13. The van der Waals surface area contributed by atoms with E-state index in [2.05, 4.69) is 10.3 Å². The van der Waals surface area contributed by atoms with Crippen LogP contribution in [0, 0.1) is 12.7 Å². The lowest BCUT2D eigenvalue weighted by Gasteiger charge is -2.36. The summed E-state index contributed by atoms with van der Waals surface area (Å²) in [7, 11) is 0. The molecule has 5 rings (SSSR count). The quantitative estimate of drug-likeness (QED) is 0.375.